The lowest BCUT2D eigenvalue weighted by Crippen LogP contribution is -2.57. The van der Waals surface area contributed by atoms with Crippen molar-refractivity contribution in [1.82, 2.24) is 10.6 Å². The zero-order valence-electron chi connectivity index (χ0n) is 8.98. The summed E-state index contributed by atoms with van der Waals surface area (Å²) in [5.74, 6) is 0. The predicted octanol–water partition coefficient (Wildman–Crippen LogP) is 1.61. The second-order valence-corrected chi connectivity index (χ2v) is 4.80. The van der Waals surface area contributed by atoms with Crippen LogP contribution < -0.4 is 10.6 Å². The first kappa shape index (κ1) is 10.4. The third kappa shape index (κ3) is 1.94. The van der Waals surface area contributed by atoms with Crippen molar-refractivity contribution < 1.29 is 4.39 Å². The lowest BCUT2D eigenvalue weighted by atomic mass is 9.84. The van der Waals surface area contributed by atoms with Crippen molar-refractivity contribution in [3.8, 4) is 0 Å². The summed E-state index contributed by atoms with van der Waals surface area (Å²) in [6.07, 6.45) is 5.47. The zero-order valence-corrected chi connectivity index (χ0v) is 8.98. The van der Waals surface area contributed by atoms with Crippen molar-refractivity contribution in [2.45, 2.75) is 56.8 Å². The van der Waals surface area contributed by atoms with E-state index >= 15 is 0 Å². The highest BCUT2D eigenvalue weighted by molar-refractivity contribution is 5.00. The van der Waals surface area contributed by atoms with Gasteiger partial charge in [0.1, 0.15) is 5.67 Å². The average Bonchev–Trinajstić information content (AvgIpc) is 2.72. The second-order valence-electron chi connectivity index (χ2n) is 4.80. The van der Waals surface area contributed by atoms with Gasteiger partial charge in [0.2, 0.25) is 0 Å². The first-order valence-corrected chi connectivity index (χ1v) is 5.87. The van der Waals surface area contributed by atoms with E-state index < -0.39 is 5.67 Å². The number of rotatable bonds is 2. The van der Waals surface area contributed by atoms with E-state index in [-0.39, 0.29) is 12.1 Å². The van der Waals surface area contributed by atoms with E-state index in [0.717, 1.165) is 32.4 Å². The molecule has 3 atom stereocenters. The summed E-state index contributed by atoms with van der Waals surface area (Å²) >= 11 is 0. The van der Waals surface area contributed by atoms with Gasteiger partial charge >= 0.3 is 0 Å². The van der Waals surface area contributed by atoms with Crippen LogP contribution in [0.3, 0.4) is 0 Å². The minimum atomic E-state index is -1.07. The molecule has 14 heavy (non-hydrogen) atoms. The quantitative estimate of drug-likeness (QED) is 0.707. The third-order valence-electron chi connectivity index (χ3n) is 3.73. The van der Waals surface area contributed by atoms with E-state index in [9.17, 15) is 4.39 Å². The largest absolute Gasteiger partial charge is 0.311 e. The normalized spacial score (nSPS) is 38.1. The molecule has 0 amide bonds. The van der Waals surface area contributed by atoms with Gasteiger partial charge in [-0.15, -0.1) is 0 Å². The first-order valence-electron chi connectivity index (χ1n) is 5.87. The summed E-state index contributed by atoms with van der Waals surface area (Å²) in [7, 11) is 0. The Bertz CT molecular complexity index is 182. The van der Waals surface area contributed by atoms with E-state index in [1.807, 2.05) is 0 Å². The highest BCUT2D eigenvalue weighted by Crippen LogP contribution is 2.30. The molecule has 2 heterocycles. The number of hydrogen-bond donors (Lipinski definition) is 2. The monoisotopic (exact) mass is 200 g/mol. The summed E-state index contributed by atoms with van der Waals surface area (Å²) < 4.78 is 14.6. The molecule has 3 heteroatoms. The van der Waals surface area contributed by atoms with Crippen LogP contribution >= 0.6 is 0 Å². The summed E-state index contributed by atoms with van der Waals surface area (Å²) in [5, 5.41) is 6.60. The molecule has 2 saturated heterocycles. The Morgan fingerprint density at radius 2 is 1.57 bits per heavy atom. The molecule has 2 fully saturated rings. The standard InChI is InChI=1S/C11H21FN2/c1-11(12,10-6-4-8-14-10)9-5-2-3-7-13-9/h9-10,13-14H,2-8H2,1H3. The number of halogens is 1. The van der Waals surface area contributed by atoms with E-state index in [1.54, 1.807) is 6.92 Å². The molecular formula is C11H21FN2. The van der Waals surface area contributed by atoms with Gasteiger partial charge in [-0.2, -0.15) is 0 Å². The number of piperidine rings is 1. The highest BCUT2D eigenvalue weighted by atomic mass is 19.1. The molecule has 0 radical (unpaired) electrons. The van der Waals surface area contributed by atoms with Crippen molar-refractivity contribution in [1.29, 1.82) is 0 Å². The maximum absolute atomic E-state index is 14.6. The molecular weight excluding hydrogens is 179 g/mol. The molecule has 2 aliphatic rings. The minimum absolute atomic E-state index is 0.0619. The summed E-state index contributed by atoms with van der Waals surface area (Å²) in [5.41, 5.74) is -1.07. The Balaban J connectivity index is 1.97. The SMILES string of the molecule is CC(F)(C1CCCCN1)C1CCCN1. The zero-order chi connectivity index (χ0) is 10.0. The van der Waals surface area contributed by atoms with Gasteiger partial charge in [0.05, 0.1) is 0 Å². The molecule has 3 unspecified atom stereocenters. The van der Waals surface area contributed by atoms with Crippen LogP contribution in [0, 0.1) is 0 Å². The second kappa shape index (κ2) is 4.15. The maximum atomic E-state index is 14.6. The van der Waals surface area contributed by atoms with Crippen molar-refractivity contribution in [2.24, 2.45) is 0 Å². The highest BCUT2D eigenvalue weighted by Gasteiger charge is 2.43. The Kier molecular flexibility index (Phi) is 3.07. The van der Waals surface area contributed by atoms with Gasteiger partial charge in [-0.25, -0.2) is 4.39 Å². The Labute approximate surface area is 85.6 Å². The van der Waals surface area contributed by atoms with Crippen molar-refractivity contribution in [3.63, 3.8) is 0 Å². The van der Waals surface area contributed by atoms with Gasteiger partial charge in [-0.1, -0.05) is 6.42 Å². The summed E-state index contributed by atoms with van der Waals surface area (Å²) in [6, 6.07) is 0.130. The molecule has 2 nitrogen and oxygen atoms in total. The van der Waals surface area contributed by atoms with Crippen molar-refractivity contribution in [2.75, 3.05) is 13.1 Å². The lowest BCUT2D eigenvalue weighted by molar-refractivity contribution is 0.0712. The van der Waals surface area contributed by atoms with Crippen LogP contribution in [0.25, 0.3) is 0 Å². The van der Waals surface area contributed by atoms with Crippen LogP contribution in [0.2, 0.25) is 0 Å². The van der Waals surface area contributed by atoms with E-state index in [2.05, 4.69) is 10.6 Å². The fourth-order valence-corrected chi connectivity index (χ4v) is 2.74. The van der Waals surface area contributed by atoms with Crippen LogP contribution in [0.4, 0.5) is 4.39 Å². The molecule has 0 bridgehead atoms. The van der Waals surface area contributed by atoms with E-state index in [1.165, 1.54) is 12.8 Å². The number of nitrogens with one attached hydrogen (secondary N) is 2. The molecule has 0 aromatic rings. The molecule has 0 saturated carbocycles. The fourth-order valence-electron chi connectivity index (χ4n) is 2.74. The Morgan fingerprint density at radius 3 is 2.00 bits per heavy atom. The molecule has 0 aliphatic carbocycles. The van der Waals surface area contributed by atoms with Gasteiger partial charge in [0.15, 0.2) is 0 Å². The Hall–Kier alpha value is -0.150. The molecule has 2 aliphatic heterocycles. The molecule has 2 N–H and O–H groups in total. The molecule has 0 aromatic heterocycles. The van der Waals surface area contributed by atoms with Crippen LogP contribution in [-0.4, -0.2) is 30.8 Å². The van der Waals surface area contributed by atoms with Gasteiger partial charge in [0, 0.05) is 12.1 Å². The topological polar surface area (TPSA) is 24.1 Å². The molecule has 0 aromatic carbocycles. The van der Waals surface area contributed by atoms with Crippen LogP contribution in [-0.2, 0) is 0 Å². The van der Waals surface area contributed by atoms with Crippen molar-refractivity contribution in [3.05, 3.63) is 0 Å². The van der Waals surface area contributed by atoms with Crippen LogP contribution in [0.5, 0.6) is 0 Å². The van der Waals surface area contributed by atoms with Crippen LogP contribution in [0.1, 0.15) is 39.0 Å². The van der Waals surface area contributed by atoms with Gasteiger partial charge in [0.25, 0.3) is 0 Å². The van der Waals surface area contributed by atoms with E-state index in [0.29, 0.717) is 0 Å². The maximum Gasteiger partial charge on any atom is 0.138 e. The molecule has 82 valence electrons. The van der Waals surface area contributed by atoms with Gasteiger partial charge in [-0.3, -0.25) is 0 Å². The number of hydrogen-bond acceptors (Lipinski definition) is 2. The lowest BCUT2D eigenvalue weighted by Gasteiger charge is -2.38. The van der Waals surface area contributed by atoms with Gasteiger partial charge < -0.3 is 10.6 Å². The molecule has 0 spiro atoms. The average molecular weight is 200 g/mol. The summed E-state index contributed by atoms with van der Waals surface area (Å²) in [4.78, 5) is 0. The fraction of sp³-hybridized carbons (Fsp3) is 1.00. The number of alkyl halides is 1. The molecule has 2 rings (SSSR count). The predicted molar refractivity (Wildman–Crippen MR) is 56.2 cm³/mol. The van der Waals surface area contributed by atoms with Gasteiger partial charge in [-0.05, 0) is 45.7 Å². The van der Waals surface area contributed by atoms with E-state index in [4.69, 9.17) is 0 Å². The minimum Gasteiger partial charge on any atom is -0.311 e. The van der Waals surface area contributed by atoms with Crippen molar-refractivity contribution >= 4 is 0 Å². The smallest absolute Gasteiger partial charge is 0.138 e. The third-order valence-corrected chi connectivity index (χ3v) is 3.73. The Morgan fingerprint density at radius 1 is 1.00 bits per heavy atom. The summed E-state index contributed by atoms with van der Waals surface area (Å²) in [6.45, 7) is 3.73. The first-order chi connectivity index (χ1) is 6.71. The van der Waals surface area contributed by atoms with Crippen LogP contribution in [0.15, 0.2) is 0 Å².